The van der Waals surface area contributed by atoms with Gasteiger partial charge in [0.25, 0.3) is 0 Å². The lowest BCUT2D eigenvalue weighted by molar-refractivity contribution is 0.415. The highest BCUT2D eigenvalue weighted by Crippen LogP contribution is 2.17. The van der Waals surface area contributed by atoms with Crippen LogP contribution in [0.2, 0.25) is 0 Å². The van der Waals surface area contributed by atoms with E-state index in [1.165, 1.54) is 38.5 Å². The summed E-state index contributed by atoms with van der Waals surface area (Å²) in [4.78, 5) is 0. The molecule has 0 saturated heterocycles. The van der Waals surface area contributed by atoms with Crippen LogP contribution in [0.4, 0.5) is 0 Å². The SMILES string of the molecule is CCC[C@@H](CC)CCCCN. The van der Waals surface area contributed by atoms with E-state index in [4.69, 9.17) is 5.73 Å². The Balaban J connectivity index is 3.20. The van der Waals surface area contributed by atoms with Crippen LogP contribution in [-0.2, 0) is 0 Å². The van der Waals surface area contributed by atoms with E-state index in [9.17, 15) is 0 Å². The van der Waals surface area contributed by atoms with Crippen molar-refractivity contribution in [1.82, 2.24) is 0 Å². The van der Waals surface area contributed by atoms with Gasteiger partial charge in [0.2, 0.25) is 0 Å². The van der Waals surface area contributed by atoms with Crippen LogP contribution in [0.3, 0.4) is 0 Å². The van der Waals surface area contributed by atoms with E-state index in [-0.39, 0.29) is 0 Å². The highest BCUT2D eigenvalue weighted by Gasteiger charge is 2.03. The maximum Gasteiger partial charge on any atom is -0.00773 e. The number of hydrogen-bond donors (Lipinski definition) is 1. The van der Waals surface area contributed by atoms with Crippen LogP contribution in [0, 0.1) is 5.92 Å². The van der Waals surface area contributed by atoms with Crippen LogP contribution in [0.15, 0.2) is 0 Å². The van der Waals surface area contributed by atoms with Crippen molar-refractivity contribution >= 4 is 0 Å². The molecule has 0 aromatic carbocycles. The maximum absolute atomic E-state index is 5.43. The molecule has 68 valence electrons. The molecule has 0 heterocycles. The summed E-state index contributed by atoms with van der Waals surface area (Å²) in [6.07, 6.45) is 8.01. The molecule has 0 aromatic heterocycles. The van der Waals surface area contributed by atoms with Crippen LogP contribution in [-0.4, -0.2) is 6.54 Å². The molecule has 0 fully saturated rings. The standard InChI is InChI=1S/C10H23N/c1-3-7-10(4-2)8-5-6-9-11/h10H,3-9,11H2,1-2H3/t10-/m1/s1. The molecule has 0 rings (SSSR count). The first kappa shape index (κ1) is 11.0. The highest BCUT2D eigenvalue weighted by molar-refractivity contribution is 4.56. The van der Waals surface area contributed by atoms with E-state index in [1.807, 2.05) is 0 Å². The minimum Gasteiger partial charge on any atom is -0.330 e. The smallest absolute Gasteiger partial charge is 0.00773 e. The molecule has 11 heavy (non-hydrogen) atoms. The van der Waals surface area contributed by atoms with Gasteiger partial charge in [0.15, 0.2) is 0 Å². The molecule has 0 aliphatic carbocycles. The molecule has 0 amide bonds. The molecule has 0 aliphatic rings. The Morgan fingerprint density at radius 2 is 1.82 bits per heavy atom. The fraction of sp³-hybridized carbons (Fsp3) is 1.00. The molecule has 0 bridgehead atoms. The monoisotopic (exact) mass is 157 g/mol. The van der Waals surface area contributed by atoms with Gasteiger partial charge < -0.3 is 5.73 Å². The summed E-state index contributed by atoms with van der Waals surface area (Å²) in [5.74, 6) is 0.964. The first-order valence-electron chi connectivity index (χ1n) is 5.05. The van der Waals surface area contributed by atoms with E-state index in [0.717, 1.165) is 12.5 Å². The van der Waals surface area contributed by atoms with E-state index in [1.54, 1.807) is 0 Å². The lowest BCUT2D eigenvalue weighted by Gasteiger charge is -2.12. The van der Waals surface area contributed by atoms with E-state index in [2.05, 4.69) is 13.8 Å². The molecule has 1 atom stereocenters. The van der Waals surface area contributed by atoms with Gasteiger partial charge >= 0.3 is 0 Å². The molecule has 0 spiro atoms. The van der Waals surface area contributed by atoms with E-state index < -0.39 is 0 Å². The number of unbranched alkanes of at least 4 members (excludes halogenated alkanes) is 1. The van der Waals surface area contributed by atoms with Crippen LogP contribution < -0.4 is 5.73 Å². The predicted molar refractivity (Wildman–Crippen MR) is 51.6 cm³/mol. The topological polar surface area (TPSA) is 26.0 Å². The second-order valence-electron chi connectivity index (χ2n) is 3.35. The van der Waals surface area contributed by atoms with Crippen LogP contribution >= 0.6 is 0 Å². The van der Waals surface area contributed by atoms with Gasteiger partial charge in [-0.05, 0) is 18.9 Å². The first-order chi connectivity index (χ1) is 5.35. The third kappa shape index (κ3) is 6.36. The number of rotatable bonds is 7. The molecule has 2 N–H and O–H groups in total. The molecule has 1 nitrogen and oxygen atoms in total. The van der Waals surface area contributed by atoms with Gasteiger partial charge in [-0.3, -0.25) is 0 Å². The van der Waals surface area contributed by atoms with Gasteiger partial charge in [-0.15, -0.1) is 0 Å². The minimum absolute atomic E-state index is 0.864. The Kier molecular flexibility index (Phi) is 8.03. The summed E-state index contributed by atoms with van der Waals surface area (Å²) in [6, 6.07) is 0. The molecule has 0 aromatic rings. The van der Waals surface area contributed by atoms with Gasteiger partial charge in [-0.1, -0.05) is 46.0 Å². The minimum atomic E-state index is 0.864. The van der Waals surface area contributed by atoms with Gasteiger partial charge in [-0.25, -0.2) is 0 Å². The van der Waals surface area contributed by atoms with E-state index >= 15 is 0 Å². The van der Waals surface area contributed by atoms with Crippen molar-refractivity contribution in [3.05, 3.63) is 0 Å². The Morgan fingerprint density at radius 3 is 2.27 bits per heavy atom. The molecule has 0 saturated carbocycles. The third-order valence-corrected chi connectivity index (χ3v) is 2.34. The predicted octanol–water partition coefficient (Wildman–Crippen LogP) is 2.94. The first-order valence-corrected chi connectivity index (χ1v) is 5.05. The normalized spacial score (nSPS) is 13.4. The van der Waals surface area contributed by atoms with Crippen molar-refractivity contribution in [1.29, 1.82) is 0 Å². The average molecular weight is 157 g/mol. The quantitative estimate of drug-likeness (QED) is 0.565. The van der Waals surface area contributed by atoms with E-state index in [0.29, 0.717) is 0 Å². The fourth-order valence-electron chi connectivity index (χ4n) is 1.54. The van der Waals surface area contributed by atoms with Crippen molar-refractivity contribution in [2.75, 3.05) is 6.54 Å². The zero-order chi connectivity index (χ0) is 8.53. The average Bonchev–Trinajstić information content (AvgIpc) is 2.03. The zero-order valence-electron chi connectivity index (χ0n) is 8.10. The summed E-state index contributed by atoms with van der Waals surface area (Å²) in [5.41, 5.74) is 5.43. The summed E-state index contributed by atoms with van der Waals surface area (Å²) >= 11 is 0. The molecule has 1 heteroatoms. The van der Waals surface area contributed by atoms with Crippen LogP contribution in [0.1, 0.15) is 52.4 Å². The van der Waals surface area contributed by atoms with Crippen LogP contribution in [0.25, 0.3) is 0 Å². The molecule has 0 unspecified atom stereocenters. The lowest BCUT2D eigenvalue weighted by atomic mass is 9.95. The second-order valence-corrected chi connectivity index (χ2v) is 3.35. The number of hydrogen-bond acceptors (Lipinski definition) is 1. The second kappa shape index (κ2) is 8.06. The van der Waals surface area contributed by atoms with Crippen molar-refractivity contribution in [2.24, 2.45) is 11.7 Å². The van der Waals surface area contributed by atoms with Crippen molar-refractivity contribution in [2.45, 2.75) is 52.4 Å². The Morgan fingerprint density at radius 1 is 1.09 bits per heavy atom. The van der Waals surface area contributed by atoms with Crippen molar-refractivity contribution in [3.63, 3.8) is 0 Å². The maximum atomic E-state index is 5.43. The Labute approximate surface area is 71.4 Å². The van der Waals surface area contributed by atoms with Crippen LogP contribution in [0.5, 0.6) is 0 Å². The molecule has 0 aliphatic heterocycles. The summed E-state index contributed by atoms with van der Waals surface area (Å²) < 4.78 is 0. The molecule has 0 radical (unpaired) electrons. The number of nitrogens with two attached hydrogens (primary N) is 1. The molecular weight excluding hydrogens is 134 g/mol. The van der Waals surface area contributed by atoms with Gasteiger partial charge in [0, 0.05) is 0 Å². The van der Waals surface area contributed by atoms with Crippen molar-refractivity contribution in [3.8, 4) is 0 Å². The van der Waals surface area contributed by atoms with Gasteiger partial charge in [0.05, 0.1) is 0 Å². The summed E-state index contributed by atoms with van der Waals surface area (Å²) in [6.45, 7) is 5.43. The summed E-state index contributed by atoms with van der Waals surface area (Å²) in [7, 11) is 0. The summed E-state index contributed by atoms with van der Waals surface area (Å²) in [5, 5.41) is 0. The largest absolute Gasteiger partial charge is 0.330 e. The lowest BCUT2D eigenvalue weighted by Crippen LogP contribution is -2.02. The Hall–Kier alpha value is -0.0400. The van der Waals surface area contributed by atoms with Gasteiger partial charge in [-0.2, -0.15) is 0 Å². The highest BCUT2D eigenvalue weighted by atomic mass is 14.5. The van der Waals surface area contributed by atoms with Gasteiger partial charge in [0.1, 0.15) is 0 Å². The third-order valence-electron chi connectivity index (χ3n) is 2.34. The Bertz CT molecular complexity index is 71.3. The molecular formula is C10H23N. The zero-order valence-corrected chi connectivity index (χ0v) is 8.10. The fourth-order valence-corrected chi connectivity index (χ4v) is 1.54. The van der Waals surface area contributed by atoms with Crippen molar-refractivity contribution < 1.29 is 0 Å².